The van der Waals surface area contributed by atoms with Crippen molar-refractivity contribution in [1.82, 2.24) is 4.98 Å². The molecule has 0 aliphatic heterocycles. The summed E-state index contributed by atoms with van der Waals surface area (Å²) < 4.78 is 31.4. The predicted octanol–water partition coefficient (Wildman–Crippen LogP) is 5.50. The quantitative estimate of drug-likeness (QED) is 0.283. The van der Waals surface area contributed by atoms with E-state index in [1.807, 2.05) is 30.3 Å². The molecule has 178 valence electrons. The molecule has 7 heteroatoms. The molecule has 0 saturated heterocycles. The molecule has 0 radical (unpaired) electrons. The number of hydrogen-bond acceptors (Lipinski definition) is 6. The molecule has 4 aromatic rings. The molecule has 0 aliphatic carbocycles. The van der Waals surface area contributed by atoms with E-state index in [2.05, 4.69) is 4.98 Å². The Morgan fingerprint density at radius 2 is 1.54 bits per heavy atom. The van der Waals surface area contributed by atoms with Crippen molar-refractivity contribution >= 4 is 22.5 Å². The molecule has 0 amide bonds. The van der Waals surface area contributed by atoms with Crippen LogP contribution < -0.4 is 14.2 Å². The average Bonchev–Trinajstić information content (AvgIpc) is 2.85. The molecule has 0 atom stereocenters. The van der Waals surface area contributed by atoms with Gasteiger partial charge in [0, 0.05) is 36.6 Å². The number of aromatic nitrogens is 1. The second-order valence-corrected chi connectivity index (χ2v) is 7.98. The summed E-state index contributed by atoms with van der Waals surface area (Å²) in [5, 5.41) is 0.668. The first-order valence-corrected chi connectivity index (χ1v) is 11.0. The van der Waals surface area contributed by atoms with Crippen molar-refractivity contribution in [1.29, 1.82) is 0 Å². The maximum Gasteiger partial charge on any atom is 0.162 e. The van der Waals surface area contributed by atoms with Crippen molar-refractivity contribution in [2.45, 2.75) is 19.3 Å². The summed E-state index contributed by atoms with van der Waals surface area (Å²) >= 11 is 0. The molecule has 35 heavy (non-hydrogen) atoms. The van der Waals surface area contributed by atoms with E-state index in [-0.39, 0.29) is 42.1 Å². The first kappa shape index (κ1) is 23.9. The average molecular weight is 474 g/mol. The first-order valence-electron chi connectivity index (χ1n) is 11.0. The van der Waals surface area contributed by atoms with E-state index in [9.17, 15) is 14.0 Å². The number of carbonyl (C=O) groups is 2. The van der Waals surface area contributed by atoms with Gasteiger partial charge in [0.1, 0.15) is 28.9 Å². The summed E-state index contributed by atoms with van der Waals surface area (Å²) in [5.41, 5.74) is 1.68. The molecule has 0 fully saturated rings. The van der Waals surface area contributed by atoms with Gasteiger partial charge in [0.15, 0.2) is 11.5 Å². The molecule has 1 aromatic heterocycles. The van der Waals surface area contributed by atoms with Gasteiger partial charge in [0.2, 0.25) is 0 Å². The van der Waals surface area contributed by atoms with Gasteiger partial charge < -0.3 is 14.2 Å². The van der Waals surface area contributed by atoms with Crippen LogP contribution in [0.1, 0.15) is 17.5 Å². The fourth-order valence-corrected chi connectivity index (χ4v) is 3.78. The molecule has 0 spiro atoms. The van der Waals surface area contributed by atoms with Crippen LogP contribution in [0.15, 0.2) is 72.9 Å². The Morgan fingerprint density at radius 1 is 0.829 bits per heavy atom. The minimum absolute atomic E-state index is 0.165. The number of hydrogen-bond donors (Lipinski definition) is 0. The summed E-state index contributed by atoms with van der Waals surface area (Å²) in [7, 11) is 3.07. The zero-order valence-corrected chi connectivity index (χ0v) is 19.4. The Hall–Kier alpha value is -4.26. The lowest BCUT2D eigenvalue weighted by atomic mass is 10.0. The highest BCUT2D eigenvalue weighted by Gasteiger charge is 2.15. The van der Waals surface area contributed by atoms with Crippen LogP contribution in [0.5, 0.6) is 23.0 Å². The lowest BCUT2D eigenvalue weighted by Crippen LogP contribution is -2.13. The third kappa shape index (κ3) is 5.81. The SMILES string of the molecule is COc1cc2nccc(Oc3ccc(CC(=O)CC(=O)Cc4ccccc4)c(F)c3)c2cc1OC. The Labute approximate surface area is 202 Å². The lowest BCUT2D eigenvalue weighted by molar-refractivity contribution is -0.126. The number of Topliss-reactive ketones (excluding diaryl/α,β-unsaturated/α-hetero) is 2. The fraction of sp³-hybridized carbons (Fsp3) is 0.179. The number of nitrogens with zero attached hydrogens (tertiary/aromatic N) is 1. The molecular weight excluding hydrogens is 449 g/mol. The highest BCUT2D eigenvalue weighted by molar-refractivity contribution is 6.00. The van der Waals surface area contributed by atoms with E-state index in [0.29, 0.717) is 28.2 Å². The highest BCUT2D eigenvalue weighted by Crippen LogP contribution is 2.37. The monoisotopic (exact) mass is 473 g/mol. The van der Waals surface area contributed by atoms with Gasteiger partial charge in [0.25, 0.3) is 0 Å². The van der Waals surface area contributed by atoms with Crippen LogP contribution in [0.3, 0.4) is 0 Å². The van der Waals surface area contributed by atoms with E-state index in [0.717, 1.165) is 5.56 Å². The van der Waals surface area contributed by atoms with Gasteiger partial charge in [-0.25, -0.2) is 4.39 Å². The minimum atomic E-state index is -0.580. The molecule has 6 nitrogen and oxygen atoms in total. The van der Waals surface area contributed by atoms with E-state index in [4.69, 9.17) is 14.2 Å². The summed E-state index contributed by atoms with van der Waals surface area (Å²) in [6.07, 6.45) is 1.36. The van der Waals surface area contributed by atoms with Gasteiger partial charge in [0.05, 0.1) is 26.2 Å². The number of ether oxygens (including phenoxy) is 3. The number of rotatable bonds is 10. The summed E-state index contributed by atoms with van der Waals surface area (Å²) in [5.74, 6) is 0.667. The zero-order chi connectivity index (χ0) is 24.8. The van der Waals surface area contributed by atoms with Crippen LogP contribution in [0.4, 0.5) is 4.39 Å². The van der Waals surface area contributed by atoms with Crippen molar-refractivity contribution in [2.24, 2.45) is 0 Å². The van der Waals surface area contributed by atoms with Crippen LogP contribution in [0.2, 0.25) is 0 Å². The van der Waals surface area contributed by atoms with Crippen LogP contribution in [0, 0.1) is 5.82 Å². The number of fused-ring (bicyclic) bond motifs is 1. The molecule has 1 heterocycles. The minimum Gasteiger partial charge on any atom is -0.493 e. The van der Waals surface area contributed by atoms with Crippen LogP contribution >= 0.6 is 0 Å². The van der Waals surface area contributed by atoms with Gasteiger partial charge in [-0.15, -0.1) is 0 Å². The summed E-state index contributed by atoms with van der Waals surface area (Å²) in [4.78, 5) is 28.9. The molecule has 4 rings (SSSR count). The lowest BCUT2D eigenvalue weighted by Gasteiger charge is -2.13. The maximum absolute atomic E-state index is 14.8. The van der Waals surface area contributed by atoms with Gasteiger partial charge in [-0.05, 0) is 29.3 Å². The standard InChI is InChI=1S/C28H24FNO5/c1-33-27-16-23-25(17-28(27)34-2)30-11-10-26(23)35-22-9-8-19(24(29)15-22)13-21(32)14-20(31)12-18-6-4-3-5-7-18/h3-11,15-17H,12-14H2,1-2H3. The number of benzene rings is 3. The Bertz CT molecular complexity index is 1370. The van der Waals surface area contributed by atoms with Gasteiger partial charge in [-0.1, -0.05) is 36.4 Å². The third-order valence-corrected chi connectivity index (χ3v) is 5.49. The summed E-state index contributed by atoms with van der Waals surface area (Å²) in [6, 6.07) is 18.7. The first-order chi connectivity index (χ1) is 17.0. The van der Waals surface area contributed by atoms with E-state index < -0.39 is 5.82 Å². The van der Waals surface area contributed by atoms with Crippen LogP contribution in [-0.2, 0) is 22.4 Å². The van der Waals surface area contributed by atoms with Crippen LogP contribution in [-0.4, -0.2) is 30.8 Å². The predicted molar refractivity (Wildman–Crippen MR) is 130 cm³/mol. The van der Waals surface area contributed by atoms with Gasteiger partial charge in [-0.3, -0.25) is 14.6 Å². The Balaban J connectivity index is 1.45. The zero-order valence-electron chi connectivity index (χ0n) is 19.4. The maximum atomic E-state index is 14.8. The van der Waals surface area contributed by atoms with Crippen molar-refractivity contribution < 1.29 is 28.2 Å². The van der Waals surface area contributed by atoms with Crippen LogP contribution in [0.25, 0.3) is 10.9 Å². The fourth-order valence-electron chi connectivity index (χ4n) is 3.78. The topological polar surface area (TPSA) is 74.7 Å². The number of pyridine rings is 1. The number of carbonyl (C=O) groups excluding carboxylic acids is 2. The van der Waals surface area contributed by atoms with E-state index in [1.54, 1.807) is 30.5 Å². The molecular formula is C28H24FNO5. The highest BCUT2D eigenvalue weighted by atomic mass is 19.1. The van der Waals surface area contributed by atoms with Crippen molar-refractivity contribution in [2.75, 3.05) is 14.2 Å². The normalized spacial score (nSPS) is 10.7. The van der Waals surface area contributed by atoms with Gasteiger partial charge in [-0.2, -0.15) is 0 Å². The van der Waals surface area contributed by atoms with Crippen molar-refractivity contribution in [3.63, 3.8) is 0 Å². The van der Waals surface area contributed by atoms with Crippen molar-refractivity contribution in [3.05, 3.63) is 89.9 Å². The van der Waals surface area contributed by atoms with Crippen molar-refractivity contribution in [3.8, 4) is 23.0 Å². The second-order valence-electron chi connectivity index (χ2n) is 7.98. The molecule has 0 unspecified atom stereocenters. The molecule has 0 bridgehead atoms. The number of methoxy groups -OCH3 is 2. The Morgan fingerprint density at radius 3 is 2.26 bits per heavy atom. The summed E-state index contributed by atoms with van der Waals surface area (Å²) in [6.45, 7) is 0. The number of ketones is 2. The van der Waals surface area contributed by atoms with Gasteiger partial charge >= 0.3 is 0 Å². The second kappa shape index (κ2) is 10.8. The van der Waals surface area contributed by atoms with E-state index in [1.165, 1.54) is 26.4 Å². The molecule has 3 aromatic carbocycles. The molecule has 0 N–H and O–H groups in total. The molecule has 0 saturated carbocycles. The Kier molecular flexibility index (Phi) is 7.35. The number of halogens is 1. The largest absolute Gasteiger partial charge is 0.493 e. The van der Waals surface area contributed by atoms with E-state index >= 15 is 0 Å². The third-order valence-electron chi connectivity index (χ3n) is 5.49. The molecule has 0 aliphatic rings. The smallest absolute Gasteiger partial charge is 0.162 e.